The molecule has 4 rings (SSSR count). The lowest BCUT2D eigenvalue weighted by molar-refractivity contribution is -0.00543. The van der Waals surface area contributed by atoms with E-state index in [0.717, 1.165) is 36.8 Å². The number of nitrogens with one attached hydrogen (secondary N) is 3. The first kappa shape index (κ1) is 17.3. The van der Waals surface area contributed by atoms with Crippen molar-refractivity contribution >= 4 is 28.6 Å². The van der Waals surface area contributed by atoms with Crippen LogP contribution in [0.15, 0.2) is 42.6 Å². The topological polar surface area (TPSA) is 118 Å². The second kappa shape index (κ2) is 7.63. The van der Waals surface area contributed by atoms with Crippen molar-refractivity contribution in [2.45, 2.75) is 31.4 Å². The zero-order chi connectivity index (χ0) is 18.6. The van der Waals surface area contributed by atoms with Crippen molar-refractivity contribution in [3.63, 3.8) is 0 Å². The number of pyridine rings is 1. The van der Waals surface area contributed by atoms with Gasteiger partial charge in [0, 0.05) is 18.9 Å². The van der Waals surface area contributed by atoms with Gasteiger partial charge in [-0.1, -0.05) is 30.3 Å². The highest BCUT2D eigenvalue weighted by Gasteiger charge is 2.27. The molecule has 3 aromatic rings. The molecule has 8 nitrogen and oxygen atoms in total. The number of rotatable bonds is 4. The Morgan fingerprint density at radius 3 is 2.93 bits per heavy atom. The van der Waals surface area contributed by atoms with Gasteiger partial charge in [-0.15, -0.1) is 0 Å². The van der Waals surface area contributed by atoms with Crippen LogP contribution < -0.4 is 16.4 Å². The van der Waals surface area contributed by atoms with Crippen LogP contribution in [0.1, 0.15) is 30.9 Å². The van der Waals surface area contributed by atoms with Crippen molar-refractivity contribution in [3.05, 3.63) is 48.2 Å². The largest absolute Gasteiger partial charge is 0.382 e. The zero-order valence-corrected chi connectivity index (χ0v) is 14.8. The first-order valence-corrected chi connectivity index (χ1v) is 9.04. The molecular formula is C19H22N6O2. The number of hydrogen-bond acceptors (Lipinski definition) is 5. The second-order valence-electron chi connectivity index (χ2n) is 6.62. The molecule has 2 aromatic heterocycles. The SMILES string of the molecule is Nc1n[nH]c2cc(NC(=O)N[C@@H](c3ccccc3)[C@@H]3CCCCO3)ncc12. The highest BCUT2D eigenvalue weighted by atomic mass is 16.5. The summed E-state index contributed by atoms with van der Waals surface area (Å²) in [5, 5.41) is 13.3. The molecule has 3 heterocycles. The van der Waals surface area contributed by atoms with Crippen molar-refractivity contribution in [3.8, 4) is 0 Å². The maximum atomic E-state index is 12.6. The number of carbonyl (C=O) groups excluding carboxylic acids is 1. The molecule has 27 heavy (non-hydrogen) atoms. The van der Waals surface area contributed by atoms with Crippen molar-refractivity contribution in [1.82, 2.24) is 20.5 Å². The summed E-state index contributed by atoms with van der Waals surface area (Å²) in [6, 6.07) is 11.0. The highest BCUT2D eigenvalue weighted by molar-refractivity contribution is 5.93. The Hall–Kier alpha value is -3.13. The standard InChI is InChI=1S/C19H22N6O2/c20-18-13-11-21-16(10-14(13)24-25-18)22-19(26)23-17(12-6-2-1-3-7-12)15-8-4-5-9-27-15/h1-3,6-7,10-11,15,17H,4-5,8-9H2,(H3,20,24,25)(H2,21,22,23,26)/t15-,17-/m0/s1. The summed E-state index contributed by atoms with van der Waals surface area (Å²) >= 11 is 0. The van der Waals surface area contributed by atoms with E-state index >= 15 is 0 Å². The lowest BCUT2D eigenvalue weighted by Gasteiger charge is -2.31. The molecular weight excluding hydrogens is 344 g/mol. The van der Waals surface area contributed by atoms with E-state index in [4.69, 9.17) is 10.5 Å². The summed E-state index contributed by atoms with van der Waals surface area (Å²) in [4.78, 5) is 16.8. The Balaban J connectivity index is 1.50. The number of nitrogen functional groups attached to an aromatic ring is 1. The van der Waals surface area contributed by atoms with Crippen LogP contribution in [0.5, 0.6) is 0 Å². The number of nitrogens with two attached hydrogens (primary N) is 1. The quantitative estimate of drug-likeness (QED) is 0.566. The first-order chi connectivity index (χ1) is 13.2. The summed E-state index contributed by atoms with van der Waals surface area (Å²) in [5.74, 6) is 0.798. The third kappa shape index (κ3) is 3.85. The van der Waals surface area contributed by atoms with E-state index in [0.29, 0.717) is 17.2 Å². The van der Waals surface area contributed by atoms with Gasteiger partial charge >= 0.3 is 6.03 Å². The number of ether oxygens (including phenoxy) is 1. The Bertz CT molecular complexity index is 920. The fourth-order valence-electron chi connectivity index (χ4n) is 3.37. The molecule has 2 amide bonds. The molecule has 0 unspecified atom stereocenters. The Morgan fingerprint density at radius 2 is 2.15 bits per heavy atom. The third-order valence-electron chi connectivity index (χ3n) is 4.75. The average molecular weight is 366 g/mol. The molecule has 140 valence electrons. The van der Waals surface area contributed by atoms with Crippen LogP contribution in [-0.2, 0) is 4.74 Å². The van der Waals surface area contributed by atoms with Gasteiger partial charge in [-0.3, -0.25) is 10.4 Å². The van der Waals surface area contributed by atoms with E-state index in [1.54, 1.807) is 12.3 Å². The van der Waals surface area contributed by atoms with Gasteiger partial charge in [-0.25, -0.2) is 9.78 Å². The molecule has 5 N–H and O–H groups in total. The number of fused-ring (bicyclic) bond motifs is 1. The predicted molar refractivity (Wildman–Crippen MR) is 103 cm³/mol. The molecule has 8 heteroatoms. The van der Waals surface area contributed by atoms with Crippen molar-refractivity contribution in [2.75, 3.05) is 17.7 Å². The molecule has 0 spiro atoms. The normalized spacial score (nSPS) is 18.1. The molecule has 0 aliphatic carbocycles. The molecule has 0 radical (unpaired) electrons. The maximum Gasteiger partial charge on any atom is 0.320 e. The zero-order valence-electron chi connectivity index (χ0n) is 14.8. The fourth-order valence-corrected chi connectivity index (χ4v) is 3.37. The lowest BCUT2D eigenvalue weighted by Crippen LogP contribution is -2.41. The van der Waals surface area contributed by atoms with E-state index in [1.165, 1.54) is 0 Å². The number of aromatic amines is 1. The van der Waals surface area contributed by atoms with E-state index in [1.807, 2.05) is 30.3 Å². The van der Waals surface area contributed by atoms with E-state index < -0.39 is 0 Å². The lowest BCUT2D eigenvalue weighted by atomic mass is 9.96. The number of H-pyrrole nitrogens is 1. The Morgan fingerprint density at radius 1 is 1.30 bits per heavy atom. The van der Waals surface area contributed by atoms with Crippen LogP contribution in [0.25, 0.3) is 10.9 Å². The highest BCUT2D eigenvalue weighted by Crippen LogP contribution is 2.26. The number of benzene rings is 1. The fraction of sp³-hybridized carbons (Fsp3) is 0.316. The number of carbonyl (C=O) groups is 1. The van der Waals surface area contributed by atoms with Crippen molar-refractivity contribution < 1.29 is 9.53 Å². The molecule has 1 fully saturated rings. The van der Waals surface area contributed by atoms with Crippen LogP contribution in [0.3, 0.4) is 0 Å². The van der Waals surface area contributed by atoms with Crippen molar-refractivity contribution in [1.29, 1.82) is 0 Å². The number of aromatic nitrogens is 3. The number of urea groups is 1. The predicted octanol–water partition coefficient (Wildman–Crippen LogP) is 2.97. The summed E-state index contributed by atoms with van der Waals surface area (Å²) in [5.41, 5.74) is 7.48. The van der Waals surface area contributed by atoms with Crippen LogP contribution >= 0.6 is 0 Å². The van der Waals surface area contributed by atoms with Crippen LogP contribution in [0, 0.1) is 0 Å². The van der Waals surface area contributed by atoms with E-state index in [2.05, 4.69) is 25.8 Å². The summed E-state index contributed by atoms with van der Waals surface area (Å²) < 4.78 is 5.92. The van der Waals surface area contributed by atoms with Gasteiger partial charge in [0.1, 0.15) is 5.82 Å². The van der Waals surface area contributed by atoms with Gasteiger partial charge in [-0.2, -0.15) is 5.10 Å². The molecule has 1 aliphatic heterocycles. The minimum atomic E-state index is -0.336. The third-order valence-corrected chi connectivity index (χ3v) is 4.75. The maximum absolute atomic E-state index is 12.6. The molecule has 0 bridgehead atoms. The van der Waals surface area contributed by atoms with Gasteiger partial charge in [-0.05, 0) is 24.8 Å². The molecule has 1 saturated heterocycles. The number of nitrogens with zero attached hydrogens (tertiary/aromatic N) is 2. The van der Waals surface area contributed by atoms with E-state index in [-0.39, 0.29) is 18.2 Å². The van der Waals surface area contributed by atoms with Gasteiger partial charge in [0.2, 0.25) is 0 Å². The number of amides is 2. The summed E-state index contributed by atoms with van der Waals surface area (Å²) in [6.45, 7) is 0.719. The number of hydrogen-bond donors (Lipinski definition) is 4. The molecule has 2 atom stereocenters. The van der Waals surface area contributed by atoms with Gasteiger partial charge < -0.3 is 15.8 Å². The van der Waals surface area contributed by atoms with Crippen molar-refractivity contribution in [2.24, 2.45) is 0 Å². The monoisotopic (exact) mass is 366 g/mol. The summed E-state index contributed by atoms with van der Waals surface area (Å²) in [7, 11) is 0. The Labute approximate surface area is 156 Å². The van der Waals surface area contributed by atoms with Gasteiger partial charge in [0.15, 0.2) is 5.82 Å². The second-order valence-corrected chi connectivity index (χ2v) is 6.62. The van der Waals surface area contributed by atoms with Gasteiger partial charge in [0.05, 0.1) is 23.0 Å². The smallest absolute Gasteiger partial charge is 0.320 e. The summed E-state index contributed by atoms with van der Waals surface area (Å²) in [6.07, 6.45) is 4.60. The minimum absolute atomic E-state index is 0.0465. The molecule has 0 saturated carbocycles. The first-order valence-electron chi connectivity index (χ1n) is 9.04. The van der Waals surface area contributed by atoms with Crippen LogP contribution in [-0.4, -0.2) is 33.9 Å². The molecule has 1 aliphatic rings. The average Bonchev–Trinajstić information content (AvgIpc) is 3.08. The number of anilines is 2. The minimum Gasteiger partial charge on any atom is -0.382 e. The van der Waals surface area contributed by atoms with Crippen LogP contribution in [0.4, 0.5) is 16.4 Å². The van der Waals surface area contributed by atoms with E-state index in [9.17, 15) is 4.79 Å². The van der Waals surface area contributed by atoms with Crippen LogP contribution in [0.2, 0.25) is 0 Å². The molecule has 1 aromatic carbocycles. The van der Waals surface area contributed by atoms with Gasteiger partial charge in [0.25, 0.3) is 0 Å². The Kier molecular flexibility index (Phi) is 4.88.